The highest BCUT2D eigenvalue weighted by molar-refractivity contribution is 7.92. The zero-order chi connectivity index (χ0) is 25.7. The zero-order valence-corrected chi connectivity index (χ0v) is 20.4. The van der Waals surface area contributed by atoms with E-state index >= 15 is 0 Å². The van der Waals surface area contributed by atoms with Crippen LogP contribution in [0.4, 0.5) is 14.5 Å². The fourth-order valence-corrected chi connectivity index (χ4v) is 7.89. The number of aliphatic hydroxyl groups is 3. The lowest BCUT2D eigenvalue weighted by atomic mass is 9.70. The molecule has 0 heterocycles. The number of carbonyl (C=O) groups is 1. The molecule has 4 N–H and O–H groups in total. The van der Waals surface area contributed by atoms with Crippen LogP contribution in [0.15, 0.2) is 41.3 Å². The van der Waals surface area contributed by atoms with Crippen LogP contribution >= 0.6 is 11.6 Å². The molecule has 0 aromatic heterocycles. The summed E-state index contributed by atoms with van der Waals surface area (Å²) in [4.78, 5) is 12.4. The Morgan fingerprint density at radius 2 is 1.71 bits per heavy atom. The smallest absolute Gasteiger partial charge is 0.255 e. The van der Waals surface area contributed by atoms with E-state index in [2.05, 4.69) is 5.32 Å². The molecule has 4 atom stereocenters. The van der Waals surface area contributed by atoms with Crippen LogP contribution in [0.1, 0.15) is 43.0 Å². The standard InChI is InChI=1S/C24H26ClF2NO6S/c1-12(29)22(30)24(32)14-3-4-15(24)10-17(9-14)35(33,34)21-8-13(2-6-18(21)25)23(31)28-16-5-7-19(26)20(27)11-16/h2,5-8,11-12,14-15,17,22,29-30,32H,3-4,9-10H2,1H3,(H,28,31)/t12-,14?,15?,17-,22-,24-/m1/s1. The Bertz CT molecular complexity index is 1240. The zero-order valence-electron chi connectivity index (χ0n) is 18.8. The van der Waals surface area contributed by atoms with Gasteiger partial charge in [0.15, 0.2) is 21.5 Å². The van der Waals surface area contributed by atoms with E-state index in [1.807, 2.05) is 0 Å². The molecular formula is C24H26ClF2NO6S. The summed E-state index contributed by atoms with van der Waals surface area (Å²) < 4.78 is 53.7. The van der Waals surface area contributed by atoms with Crippen molar-refractivity contribution < 1.29 is 37.3 Å². The summed E-state index contributed by atoms with van der Waals surface area (Å²) in [7, 11) is -4.03. The van der Waals surface area contributed by atoms with Gasteiger partial charge in [0.1, 0.15) is 6.10 Å². The van der Waals surface area contributed by atoms with Crippen molar-refractivity contribution >= 4 is 33.0 Å². The van der Waals surface area contributed by atoms with Crippen LogP contribution in [0.25, 0.3) is 0 Å². The van der Waals surface area contributed by atoms with Gasteiger partial charge in [0.05, 0.1) is 26.9 Å². The molecular weight excluding hydrogens is 504 g/mol. The molecule has 2 aromatic carbocycles. The highest BCUT2D eigenvalue weighted by Crippen LogP contribution is 2.54. The third-order valence-corrected chi connectivity index (χ3v) is 9.97. The third kappa shape index (κ3) is 4.58. The van der Waals surface area contributed by atoms with Crippen LogP contribution in [0.2, 0.25) is 5.02 Å². The summed E-state index contributed by atoms with van der Waals surface area (Å²) >= 11 is 6.21. The highest BCUT2D eigenvalue weighted by Gasteiger charge is 2.59. The number of fused-ring (bicyclic) bond motifs is 2. The molecule has 0 saturated heterocycles. The van der Waals surface area contributed by atoms with Crippen LogP contribution < -0.4 is 5.32 Å². The van der Waals surface area contributed by atoms with Gasteiger partial charge in [-0.1, -0.05) is 11.6 Å². The molecule has 0 spiro atoms. The molecule has 1 amide bonds. The van der Waals surface area contributed by atoms with Crippen LogP contribution in [-0.2, 0) is 9.84 Å². The van der Waals surface area contributed by atoms with Crippen LogP contribution in [0, 0.1) is 23.5 Å². The van der Waals surface area contributed by atoms with Gasteiger partial charge in [0, 0.05) is 17.3 Å². The second-order valence-corrected chi connectivity index (χ2v) is 12.0. The van der Waals surface area contributed by atoms with E-state index in [1.54, 1.807) is 0 Å². The number of amides is 1. The van der Waals surface area contributed by atoms with Crippen LogP contribution in [0.3, 0.4) is 0 Å². The molecule has 7 nitrogen and oxygen atoms in total. The molecule has 2 aliphatic rings. The van der Waals surface area contributed by atoms with Gasteiger partial charge in [-0.3, -0.25) is 4.79 Å². The lowest BCUT2D eigenvalue weighted by Gasteiger charge is -2.46. The minimum atomic E-state index is -4.03. The molecule has 2 aromatic rings. The molecule has 2 aliphatic carbocycles. The van der Waals surface area contributed by atoms with Crippen molar-refractivity contribution in [3.8, 4) is 0 Å². The lowest BCUT2D eigenvalue weighted by molar-refractivity contribution is -0.172. The van der Waals surface area contributed by atoms with Crippen LogP contribution in [0.5, 0.6) is 0 Å². The number of hydrogen-bond donors (Lipinski definition) is 4. The normalized spacial score (nSPS) is 27.9. The quantitative estimate of drug-likeness (QED) is 0.455. The van der Waals surface area contributed by atoms with Gasteiger partial charge in [-0.25, -0.2) is 17.2 Å². The molecule has 4 rings (SSSR count). The minimum Gasteiger partial charge on any atom is -0.391 e. The summed E-state index contributed by atoms with van der Waals surface area (Å²) in [6.07, 6.45) is -1.39. The van der Waals surface area contributed by atoms with Crippen molar-refractivity contribution in [1.29, 1.82) is 0 Å². The number of halogens is 3. The number of sulfone groups is 1. The topological polar surface area (TPSA) is 124 Å². The first-order valence-electron chi connectivity index (χ1n) is 11.2. The van der Waals surface area contributed by atoms with Gasteiger partial charge in [-0.2, -0.15) is 0 Å². The maximum atomic E-state index is 13.6. The molecule has 2 fully saturated rings. The number of nitrogens with one attached hydrogen (secondary N) is 1. The van der Waals surface area contributed by atoms with Crippen LogP contribution in [-0.4, -0.2) is 52.7 Å². The first kappa shape index (κ1) is 26.0. The van der Waals surface area contributed by atoms with Crippen molar-refractivity contribution in [2.75, 3.05) is 5.32 Å². The maximum Gasteiger partial charge on any atom is 0.255 e. The Morgan fingerprint density at radius 3 is 2.29 bits per heavy atom. The Hall–Kier alpha value is -2.11. The summed E-state index contributed by atoms with van der Waals surface area (Å²) in [5.41, 5.74) is -1.62. The van der Waals surface area contributed by atoms with E-state index in [4.69, 9.17) is 11.6 Å². The summed E-state index contributed by atoms with van der Waals surface area (Å²) in [6, 6.07) is 6.57. The fourth-order valence-electron chi connectivity index (χ4n) is 5.48. The van der Waals surface area contributed by atoms with Crippen molar-refractivity contribution in [2.45, 2.75) is 60.6 Å². The Balaban J connectivity index is 1.59. The van der Waals surface area contributed by atoms with Gasteiger partial charge in [-0.15, -0.1) is 0 Å². The monoisotopic (exact) mass is 529 g/mol. The maximum absolute atomic E-state index is 13.6. The van der Waals surface area contributed by atoms with Gasteiger partial charge in [-0.05, 0) is 74.8 Å². The Kier molecular flexibility index (Phi) is 6.98. The molecule has 190 valence electrons. The molecule has 0 radical (unpaired) electrons. The molecule has 2 saturated carbocycles. The highest BCUT2D eigenvalue weighted by atomic mass is 35.5. The molecule has 2 unspecified atom stereocenters. The van der Waals surface area contributed by atoms with E-state index in [0.717, 1.165) is 18.2 Å². The average Bonchev–Trinajstić information content (AvgIpc) is 2.97. The number of benzene rings is 2. The van der Waals surface area contributed by atoms with Gasteiger partial charge >= 0.3 is 0 Å². The van der Waals surface area contributed by atoms with E-state index < -0.39 is 62.3 Å². The number of rotatable bonds is 6. The van der Waals surface area contributed by atoms with Crippen molar-refractivity contribution in [3.05, 3.63) is 58.6 Å². The summed E-state index contributed by atoms with van der Waals surface area (Å²) in [5.74, 6) is -4.00. The molecule has 11 heteroatoms. The van der Waals surface area contributed by atoms with E-state index in [-0.39, 0.29) is 34.0 Å². The first-order valence-corrected chi connectivity index (χ1v) is 13.2. The molecule has 0 aliphatic heterocycles. The predicted octanol–water partition coefficient (Wildman–Crippen LogP) is 3.31. The predicted molar refractivity (Wildman–Crippen MR) is 125 cm³/mol. The van der Waals surface area contributed by atoms with E-state index in [1.165, 1.54) is 25.1 Å². The first-order chi connectivity index (χ1) is 16.4. The summed E-state index contributed by atoms with van der Waals surface area (Å²) in [6.45, 7) is 1.38. The number of carbonyl (C=O) groups excluding carboxylic acids is 1. The minimum absolute atomic E-state index is 0.00642. The van der Waals surface area contributed by atoms with Gasteiger partial charge in [0.25, 0.3) is 5.91 Å². The summed E-state index contributed by atoms with van der Waals surface area (Å²) in [5, 5.41) is 32.9. The molecule has 35 heavy (non-hydrogen) atoms. The Morgan fingerprint density at radius 1 is 1.09 bits per heavy atom. The van der Waals surface area contributed by atoms with Gasteiger partial charge in [0.2, 0.25) is 0 Å². The Labute approximate surface area is 206 Å². The van der Waals surface area contributed by atoms with Crippen molar-refractivity contribution in [1.82, 2.24) is 0 Å². The SMILES string of the molecule is C[C@@H](O)[C@@H](O)[C@]1(O)C2CCC1C[C@@H](S(=O)(=O)c1cc(C(=O)Nc3ccc(F)c(F)c3)ccc1Cl)C2. The lowest BCUT2D eigenvalue weighted by Crippen LogP contribution is -2.58. The van der Waals surface area contributed by atoms with Crippen molar-refractivity contribution in [2.24, 2.45) is 11.8 Å². The van der Waals surface area contributed by atoms with E-state index in [0.29, 0.717) is 12.8 Å². The van der Waals surface area contributed by atoms with E-state index in [9.17, 15) is 37.3 Å². The second-order valence-electron chi connectivity index (χ2n) is 9.41. The van der Waals surface area contributed by atoms with Gasteiger partial charge < -0.3 is 20.6 Å². The fraction of sp³-hybridized carbons (Fsp3) is 0.458. The number of anilines is 1. The molecule has 2 bridgehead atoms. The largest absolute Gasteiger partial charge is 0.391 e. The number of hydrogen-bond acceptors (Lipinski definition) is 6. The second kappa shape index (κ2) is 9.40. The average molecular weight is 530 g/mol. The van der Waals surface area contributed by atoms with Crippen molar-refractivity contribution in [3.63, 3.8) is 0 Å². The number of aliphatic hydroxyl groups excluding tert-OH is 2. The third-order valence-electron chi connectivity index (χ3n) is 7.31.